The number of ether oxygens (including phenoxy) is 4. The second-order valence-corrected chi connectivity index (χ2v) is 9.86. The summed E-state index contributed by atoms with van der Waals surface area (Å²) in [6.45, 7) is -0.288. The number of rotatable bonds is 11. The van der Waals surface area contributed by atoms with Gasteiger partial charge in [0.25, 0.3) is 0 Å². The van der Waals surface area contributed by atoms with E-state index in [4.69, 9.17) is 30.5 Å². The molecule has 1 saturated heterocycles. The lowest BCUT2D eigenvalue weighted by atomic mass is 10.1. The van der Waals surface area contributed by atoms with E-state index in [1.54, 1.807) is 97.2 Å². The molecule has 3 aromatic carbocycles. The van der Waals surface area contributed by atoms with E-state index >= 15 is 0 Å². The normalized spacial score (nSPS) is 19.6. The Morgan fingerprint density at radius 2 is 1.29 bits per heavy atom. The molecule has 4 aromatic rings. The highest BCUT2D eigenvalue weighted by Crippen LogP contribution is 2.35. The van der Waals surface area contributed by atoms with Crippen LogP contribution in [0.15, 0.2) is 97.2 Å². The molecule has 1 fully saturated rings. The van der Waals surface area contributed by atoms with Crippen LogP contribution < -0.4 is 0 Å². The van der Waals surface area contributed by atoms with Crippen LogP contribution in [0.2, 0.25) is 0 Å². The van der Waals surface area contributed by atoms with E-state index in [-0.39, 0.29) is 6.61 Å². The lowest BCUT2D eigenvalue weighted by Gasteiger charge is -2.24. The van der Waals surface area contributed by atoms with Crippen molar-refractivity contribution in [3.63, 3.8) is 0 Å². The smallest absolute Gasteiger partial charge is 0.338 e. The number of carbonyl (C=O) groups excluding carboxylic acids is 3. The molecule has 11 heteroatoms. The lowest BCUT2D eigenvalue weighted by Crippen LogP contribution is -2.41. The minimum Gasteiger partial charge on any atom is -0.459 e. The van der Waals surface area contributed by atoms with Crippen molar-refractivity contribution in [2.75, 3.05) is 12.5 Å². The second-order valence-electron chi connectivity index (χ2n) is 9.48. The molecule has 0 aliphatic carbocycles. The van der Waals surface area contributed by atoms with E-state index < -0.39 is 42.4 Å². The van der Waals surface area contributed by atoms with Gasteiger partial charge in [0.05, 0.1) is 28.6 Å². The van der Waals surface area contributed by atoms with Gasteiger partial charge in [0.15, 0.2) is 18.4 Å². The van der Waals surface area contributed by atoms with Gasteiger partial charge in [-0.05, 0) is 49.2 Å². The van der Waals surface area contributed by atoms with Crippen molar-refractivity contribution in [3.8, 4) is 0 Å². The quantitative estimate of drug-likeness (QED) is 0.140. The summed E-state index contributed by atoms with van der Waals surface area (Å²) in [4.78, 5) is 39.2. The van der Waals surface area contributed by atoms with Gasteiger partial charge in [-0.3, -0.25) is 0 Å². The Hall–Kier alpha value is -4.54. The summed E-state index contributed by atoms with van der Waals surface area (Å²) in [6.07, 6.45) is -1.43. The molecular formula is C31H28ClN3O7. The van der Waals surface area contributed by atoms with Gasteiger partial charge < -0.3 is 18.9 Å². The Morgan fingerprint density at radius 1 is 0.762 bits per heavy atom. The van der Waals surface area contributed by atoms with E-state index in [0.717, 1.165) is 0 Å². The number of halogens is 1. The van der Waals surface area contributed by atoms with Crippen LogP contribution in [-0.2, 0) is 25.4 Å². The van der Waals surface area contributed by atoms with Crippen molar-refractivity contribution in [2.45, 2.75) is 37.4 Å². The number of hydrogen-bond acceptors (Lipinski definition) is 9. The van der Waals surface area contributed by atoms with Gasteiger partial charge in [0, 0.05) is 5.88 Å². The highest BCUT2D eigenvalue weighted by Gasteiger charge is 2.52. The molecule has 2 heterocycles. The summed E-state index contributed by atoms with van der Waals surface area (Å²) >= 11 is 5.84. The zero-order valence-electron chi connectivity index (χ0n) is 22.5. The van der Waals surface area contributed by atoms with Gasteiger partial charge in [-0.25, -0.2) is 19.1 Å². The summed E-state index contributed by atoms with van der Waals surface area (Å²) in [5.41, 5.74) is 1.59. The summed E-state index contributed by atoms with van der Waals surface area (Å²) in [6, 6.07) is 25.2. The third-order valence-electron chi connectivity index (χ3n) is 6.56. The van der Waals surface area contributed by atoms with Crippen molar-refractivity contribution in [2.24, 2.45) is 0 Å². The summed E-state index contributed by atoms with van der Waals surface area (Å²) in [5.74, 6) is -1.44. The second kappa shape index (κ2) is 13.9. The molecule has 0 N–H and O–H groups in total. The molecule has 1 aliphatic rings. The molecule has 1 aromatic heterocycles. The number of esters is 3. The molecule has 10 nitrogen and oxygen atoms in total. The standard InChI is InChI=1S/C31H28ClN3O7/c32-18-10-17-24-19-35(34-33-24)28-27(42-31(38)23-15-8-3-9-16-23)26(41-30(37)22-13-6-2-7-14-22)25(40-28)20-39-29(36)21-11-4-1-5-12-21/h1-9,11-16,19,25-28H,10,17-18,20H2/t25-,26-,27-,28-/m1/s1. The van der Waals surface area contributed by atoms with Crippen LogP contribution in [0.5, 0.6) is 0 Å². The first-order valence-electron chi connectivity index (χ1n) is 13.4. The maximum atomic E-state index is 13.2. The van der Waals surface area contributed by atoms with E-state index in [9.17, 15) is 14.4 Å². The van der Waals surface area contributed by atoms with Crippen molar-refractivity contribution >= 4 is 29.5 Å². The predicted octanol–water partition coefficient (Wildman–Crippen LogP) is 4.66. The Labute approximate surface area is 247 Å². The first kappa shape index (κ1) is 29.0. The third kappa shape index (κ3) is 7.02. The maximum Gasteiger partial charge on any atom is 0.338 e. The lowest BCUT2D eigenvalue weighted by molar-refractivity contribution is -0.0678. The van der Waals surface area contributed by atoms with Gasteiger partial charge >= 0.3 is 17.9 Å². The van der Waals surface area contributed by atoms with Gasteiger partial charge in [-0.15, -0.1) is 16.7 Å². The number of nitrogens with zero attached hydrogens (tertiary/aromatic N) is 3. The molecule has 0 radical (unpaired) electrons. The van der Waals surface area contributed by atoms with Crippen LogP contribution in [0.4, 0.5) is 0 Å². The van der Waals surface area contributed by atoms with Crippen LogP contribution in [-0.4, -0.2) is 63.7 Å². The van der Waals surface area contributed by atoms with Gasteiger partial charge in [-0.2, -0.15) is 0 Å². The van der Waals surface area contributed by atoms with Crippen molar-refractivity contribution in [3.05, 3.63) is 120 Å². The Morgan fingerprint density at radius 3 is 1.83 bits per heavy atom. The molecule has 0 saturated carbocycles. The summed E-state index contributed by atoms with van der Waals surface area (Å²) in [7, 11) is 0. The van der Waals surface area contributed by atoms with Gasteiger partial charge in [-0.1, -0.05) is 59.8 Å². The number of carbonyl (C=O) groups is 3. The predicted molar refractivity (Wildman–Crippen MR) is 151 cm³/mol. The molecule has 1 aliphatic heterocycles. The van der Waals surface area contributed by atoms with Crippen molar-refractivity contribution < 1.29 is 33.3 Å². The van der Waals surface area contributed by atoms with Crippen LogP contribution in [0.25, 0.3) is 0 Å². The Kier molecular flexibility index (Phi) is 9.58. The zero-order chi connectivity index (χ0) is 29.3. The first-order valence-corrected chi connectivity index (χ1v) is 13.9. The number of alkyl halides is 1. The highest BCUT2D eigenvalue weighted by molar-refractivity contribution is 6.17. The maximum absolute atomic E-state index is 13.2. The fourth-order valence-corrected chi connectivity index (χ4v) is 4.60. The molecule has 0 unspecified atom stereocenters. The van der Waals surface area contributed by atoms with E-state index in [0.29, 0.717) is 41.1 Å². The highest BCUT2D eigenvalue weighted by atomic mass is 35.5. The fourth-order valence-electron chi connectivity index (χ4n) is 4.47. The van der Waals surface area contributed by atoms with Crippen LogP contribution >= 0.6 is 11.6 Å². The fraction of sp³-hybridized carbons (Fsp3) is 0.258. The van der Waals surface area contributed by atoms with Crippen LogP contribution in [0, 0.1) is 0 Å². The van der Waals surface area contributed by atoms with Crippen molar-refractivity contribution in [1.29, 1.82) is 0 Å². The molecule has 4 atom stereocenters. The zero-order valence-corrected chi connectivity index (χ0v) is 23.2. The topological polar surface area (TPSA) is 119 Å². The number of benzene rings is 3. The SMILES string of the molecule is O=C(OC[C@H]1O[C@@H](n2cc(CCCCl)nn2)[C@H](OC(=O)c2ccccc2)[C@@H]1OC(=O)c1ccccc1)c1ccccc1. The number of aryl methyl sites for hydroxylation is 1. The molecule has 42 heavy (non-hydrogen) atoms. The van der Waals surface area contributed by atoms with E-state index in [2.05, 4.69) is 10.3 Å². The Balaban J connectivity index is 1.45. The third-order valence-corrected chi connectivity index (χ3v) is 6.83. The van der Waals surface area contributed by atoms with Crippen LogP contribution in [0.3, 0.4) is 0 Å². The molecular weight excluding hydrogens is 562 g/mol. The molecule has 216 valence electrons. The minimum absolute atomic E-state index is 0.288. The summed E-state index contributed by atoms with van der Waals surface area (Å²) < 4.78 is 25.1. The Bertz CT molecular complexity index is 1480. The molecule has 0 spiro atoms. The van der Waals surface area contributed by atoms with E-state index in [1.807, 2.05) is 0 Å². The first-order chi connectivity index (χ1) is 20.5. The monoisotopic (exact) mass is 589 g/mol. The number of aromatic nitrogens is 3. The molecule has 0 amide bonds. The van der Waals surface area contributed by atoms with Gasteiger partial charge in [0.2, 0.25) is 0 Å². The molecule has 5 rings (SSSR count). The average Bonchev–Trinajstić information content (AvgIpc) is 3.64. The van der Waals surface area contributed by atoms with Gasteiger partial charge in [0.1, 0.15) is 12.7 Å². The van der Waals surface area contributed by atoms with Crippen LogP contribution in [0.1, 0.15) is 49.4 Å². The molecule has 0 bridgehead atoms. The minimum atomic E-state index is -1.16. The van der Waals surface area contributed by atoms with Crippen molar-refractivity contribution in [1.82, 2.24) is 15.0 Å². The average molecular weight is 590 g/mol. The largest absolute Gasteiger partial charge is 0.459 e. The van der Waals surface area contributed by atoms with E-state index in [1.165, 1.54) is 4.68 Å². The number of hydrogen-bond donors (Lipinski definition) is 0. The summed E-state index contributed by atoms with van der Waals surface area (Å²) in [5, 5.41) is 8.37.